The van der Waals surface area contributed by atoms with Gasteiger partial charge in [0.1, 0.15) is 61.0 Å². The molecule has 0 bridgehead atoms. The van der Waals surface area contributed by atoms with E-state index in [0.29, 0.717) is 73.0 Å². The fourth-order valence-electron chi connectivity index (χ4n) is 8.81. The summed E-state index contributed by atoms with van der Waals surface area (Å²) < 4.78 is 76.6. The van der Waals surface area contributed by atoms with E-state index in [-0.39, 0.29) is 23.5 Å². The van der Waals surface area contributed by atoms with Gasteiger partial charge in [0.2, 0.25) is 0 Å². The third-order valence-electron chi connectivity index (χ3n) is 13.0. The number of alkyl halides is 3. The van der Waals surface area contributed by atoms with Crippen LogP contribution in [0.3, 0.4) is 0 Å². The van der Waals surface area contributed by atoms with Crippen molar-refractivity contribution in [2.45, 2.75) is 124 Å². The zero-order valence-corrected chi connectivity index (χ0v) is 52.2. The fraction of sp³-hybridized carbons (Fsp3) is 0.377. The molecule has 0 saturated carbocycles. The number of carbonyl (C=O) groups excluding carboxylic acids is 3. The molecule has 8 rings (SSSR count). The summed E-state index contributed by atoms with van der Waals surface area (Å²) in [6.45, 7) is 16.8. The van der Waals surface area contributed by atoms with Crippen molar-refractivity contribution in [3.05, 3.63) is 129 Å². The Hall–Kier alpha value is -8.62. The second-order valence-corrected chi connectivity index (χ2v) is 22.9. The predicted molar refractivity (Wildman–Crippen MR) is 331 cm³/mol. The predicted octanol–water partition coefficient (Wildman–Crippen LogP) is 12.7. The van der Waals surface area contributed by atoms with E-state index in [9.17, 15) is 27.6 Å². The number of benzene rings is 3. The molecule has 5 N–H and O–H groups in total. The Morgan fingerprint density at radius 1 is 0.593 bits per heavy atom. The average Bonchev–Trinajstić information content (AvgIpc) is 1.75. The number of nitrogens with zero attached hydrogens (tertiary/aromatic N) is 7. The normalized spacial score (nSPS) is 12.3. The lowest BCUT2D eigenvalue weighted by Crippen LogP contribution is -2.38. The first-order valence-electron chi connectivity index (χ1n) is 27.5. The first-order valence-corrected chi connectivity index (χ1v) is 28.5. The zero-order chi connectivity index (χ0) is 62.5. The molecular formula is C61H72F3IN12O9. The van der Waals surface area contributed by atoms with Gasteiger partial charge in [0.25, 0.3) is 5.91 Å². The number of halogens is 4. The number of rotatable bonds is 21. The molecule has 458 valence electrons. The van der Waals surface area contributed by atoms with Crippen molar-refractivity contribution in [2.75, 3.05) is 44.4 Å². The highest BCUT2D eigenvalue weighted by atomic mass is 127. The standard InChI is InChI=1S/C37H40F3N7O5.C24H32IN5O4/c1-22(44-35(49)52-36(2,3)4)15-18-47-28-14-17-42-33(43-21-25-11-12-27(50-5)20-29(25)51-6)31(28)32(46-47)23-7-9-24(10-8-23)34(48)45-30-19-26(13-16-41-30)37(38,39)40;1-15(28-23(31)34-24(2,3)4)10-12-30-18-9-11-26-22(20(18)21(25)29-30)27-14-16-7-8-17(32-5)13-19(16)33-6/h7-14,16-17,19-20,22H,15,18,21H2,1-6H3,(H,42,43)(H,44,49)(H,41,45,48);7-9,11,13,15H,10,12,14H2,1-6H3,(H,26,27)(H,28,31)/t22-;15-/m11/s1. The van der Waals surface area contributed by atoms with Gasteiger partial charge in [-0.2, -0.15) is 23.4 Å². The second kappa shape index (κ2) is 28.5. The molecule has 2 atom stereocenters. The van der Waals surface area contributed by atoms with Gasteiger partial charge in [0, 0.05) is 91.2 Å². The van der Waals surface area contributed by atoms with Crippen molar-refractivity contribution in [1.82, 2.24) is 45.1 Å². The quantitative estimate of drug-likeness (QED) is 0.0420. The van der Waals surface area contributed by atoms with Gasteiger partial charge in [-0.25, -0.2) is 24.5 Å². The Labute approximate surface area is 510 Å². The highest BCUT2D eigenvalue weighted by Crippen LogP contribution is 2.36. The van der Waals surface area contributed by atoms with Gasteiger partial charge in [-0.05, 0) is 151 Å². The number of ether oxygens (including phenoxy) is 6. The number of alkyl carbamates (subject to hydrolysis) is 2. The number of carbonyl (C=O) groups is 3. The molecule has 3 aromatic carbocycles. The Bertz CT molecular complexity index is 3640. The molecule has 0 saturated heterocycles. The lowest BCUT2D eigenvalue weighted by atomic mass is 10.1. The molecule has 25 heteroatoms. The number of methoxy groups -OCH3 is 4. The third kappa shape index (κ3) is 17.7. The maximum Gasteiger partial charge on any atom is 0.416 e. The maximum absolute atomic E-state index is 13.2. The summed E-state index contributed by atoms with van der Waals surface area (Å²) in [4.78, 5) is 50.4. The second-order valence-electron chi connectivity index (χ2n) is 21.9. The first-order chi connectivity index (χ1) is 40.8. The Kier molecular flexibility index (Phi) is 21.5. The number of hydrogen-bond donors (Lipinski definition) is 5. The molecule has 0 aliphatic carbocycles. The molecule has 0 radical (unpaired) electrons. The minimum absolute atomic E-state index is 0.0614. The van der Waals surface area contributed by atoms with Crippen LogP contribution in [-0.4, -0.2) is 104 Å². The van der Waals surface area contributed by atoms with Crippen LogP contribution in [0, 0.1) is 3.70 Å². The summed E-state index contributed by atoms with van der Waals surface area (Å²) in [5.41, 5.74) is 2.98. The lowest BCUT2D eigenvalue weighted by Gasteiger charge is -2.22. The molecule has 0 spiro atoms. The van der Waals surface area contributed by atoms with Crippen LogP contribution in [0.25, 0.3) is 33.1 Å². The molecule has 3 amide bonds. The van der Waals surface area contributed by atoms with E-state index >= 15 is 0 Å². The fourth-order valence-corrected chi connectivity index (χ4v) is 9.60. The maximum atomic E-state index is 13.2. The molecule has 0 unspecified atom stereocenters. The highest BCUT2D eigenvalue weighted by Gasteiger charge is 2.31. The molecule has 5 heterocycles. The number of amides is 3. The summed E-state index contributed by atoms with van der Waals surface area (Å²) in [6.07, 6.45) is 0.177. The molecule has 21 nitrogen and oxygen atoms in total. The van der Waals surface area contributed by atoms with Gasteiger partial charge in [-0.15, -0.1) is 0 Å². The number of hydrogen-bond acceptors (Lipinski definition) is 16. The number of aromatic nitrogens is 7. The van der Waals surface area contributed by atoms with Gasteiger partial charge < -0.3 is 55.0 Å². The number of nitrogens with one attached hydrogen (secondary N) is 5. The minimum Gasteiger partial charge on any atom is -0.497 e. The van der Waals surface area contributed by atoms with Crippen molar-refractivity contribution >= 4 is 79.9 Å². The molecule has 5 aromatic heterocycles. The van der Waals surface area contributed by atoms with Crippen LogP contribution in [0.15, 0.2) is 104 Å². The Balaban J connectivity index is 0.000000269. The van der Waals surface area contributed by atoms with E-state index in [4.69, 9.17) is 38.6 Å². The van der Waals surface area contributed by atoms with Gasteiger partial charge in [-0.3, -0.25) is 14.2 Å². The number of pyridine rings is 3. The topological polar surface area (TPSA) is 241 Å². The smallest absolute Gasteiger partial charge is 0.416 e. The molecule has 0 aliphatic heterocycles. The monoisotopic (exact) mass is 1300 g/mol. The average molecular weight is 1300 g/mol. The van der Waals surface area contributed by atoms with Crippen molar-refractivity contribution in [1.29, 1.82) is 0 Å². The van der Waals surface area contributed by atoms with Crippen LogP contribution in [0.5, 0.6) is 23.0 Å². The molecule has 0 aliphatic rings. The summed E-state index contributed by atoms with van der Waals surface area (Å²) in [7, 11) is 6.43. The van der Waals surface area contributed by atoms with Crippen molar-refractivity contribution in [2.24, 2.45) is 0 Å². The Morgan fingerprint density at radius 2 is 1.07 bits per heavy atom. The van der Waals surface area contributed by atoms with E-state index in [0.717, 1.165) is 66.9 Å². The van der Waals surface area contributed by atoms with E-state index in [1.165, 1.54) is 0 Å². The number of anilines is 3. The third-order valence-corrected chi connectivity index (χ3v) is 13.7. The van der Waals surface area contributed by atoms with Crippen LogP contribution in [-0.2, 0) is 41.8 Å². The lowest BCUT2D eigenvalue weighted by molar-refractivity contribution is -0.137. The molecule has 8 aromatic rings. The van der Waals surface area contributed by atoms with E-state index in [1.54, 1.807) is 91.9 Å². The van der Waals surface area contributed by atoms with Gasteiger partial charge in [0.15, 0.2) is 0 Å². The molecule has 86 heavy (non-hydrogen) atoms. The van der Waals surface area contributed by atoms with Crippen LogP contribution >= 0.6 is 22.6 Å². The SMILES string of the molecule is COc1ccc(CNc2nccc3c2c(-c2ccc(C(=O)Nc4cc(C(F)(F)F)ccn4)cc2)nn3CC[C@@H](C)NC(=O)OC(C)(C)C)c(OC)c1.COc1ccc(CNc2nccc3c2c(I)nn3CC[C@@H](C)NC(=O)OC(C)(C)C)c(OC)c1. The zero-order valence-electron chi connectivity index (χ0n) is 50.0. The minimum atomic E-state index is -4.58. The highest BCUT2D eigenvalue weighted by molar-refractivity contribution is 14.1. The van der Waals surface area contributed by atoms with Gasteiger partial charge >= 0.3 is 18.4 Å². The van der Waals surface area contributed by atoms with Crippen LogP contribution in [0.1, 0.15) is 95.3 Å². The van der Waals surface area contributed by atoms with Gasteiger partial charge in [0.05, 0.1) is 55.8 Å². The van der Waals surface area contributed by atoms with Crippen molar-refractivity contribution in [3.8, 4) is 34.3 Å². The summed E-state index contributed by atoms with van der Waals surface area (Å²) in [5, 5.41) is 26.3. The van der Waals surface area contributed by atoms with Crippen molar-refractivity contribution in [3.63, 3.8) is 0 Å². The van der Waals surface area contributed by atoms with E-state index < -0.39 is 41.0 Å². The van der Waals surface area contributed by atoms with Crippen LogP contribution in [0.4, 0.5) is 40.2 Å². The number of aryl methyl sites for hydroxylation is 2. The molecule has 0 fully saturated rings. The first kappa shape index (κ1) is 64.9. The van der Waals surface area contributed by atoms with E-state index in [2.05, 4.69) is 64.1 Å². The van der Waals surface area contributed by atoms with Gasteiger partial charge in [-0.1, -0.05) is 12.1 Å². The largest absolute Gasteiger partial charge is 0.497 e. The van der Waals surface area contributed by atoms with Crippen LogP contribution < -0.4 is 45.5 Å². The number of fused-ring (bicyclic) bond motifs is 2. The van der Waals surface area contributed by atoms with E-state index in [1.807, 2.05) is 86.4 Å². The summed E-state index contributed by atoms with van der Waals surface area (Å²) in [6, 6.07) is 22.9. The van der Waals surface area contributed by atoms with Crippen LogP contribution in [0.2, 0.25) is 0 Å². The molecular weight excluding hydrogens is 1230 g/mol. The summed E-state index contributed by atoms with van der Waals surface area (Å²) in [5.74, 6) is 3.23. The van der Waals surface area contributed by atoms with Crippen molar-refractivity contribution < 1.29 is 56.0 Å². The Morgan fingerprint density at radius 3 is 1.55 bits per heavy atom. The summed E-state index contributed by atoms with van der Waals surface area (Å²) >= 11 is 2.23.